The van der Waals surface area contributed by atoms with Crippen molar-refractivity contribution >= 4 is 5.91 Å². The molecular weight excluding hydrogens is 523 g/mol. The maximum Gasteiger partial charge on any atom is 0.416 e. The van der Waals surface area contributed by atoms with Crippen molar-refractivity contribution in [3.05, 3.63) is 77.6 Å². The van der Waals surface area contributed by atoms with Crippen LogP contribution in [0.15, 0.2) is 60.7 Å². The fourth-order valence-corrected chi connectivity index (χ4v) is 4.84. The molecule has 1 aliphatic carbocycles. The molecule has 1 saturated carbocycles. The van der Waals surface area contributed by atoms with Crippen LogP contribution in [-0.2, 0) is 17.5 Å². The molecule has 8 nitrogen and oxygen atoms in total. The van der Waals surface area contributed by atoms with Gasteiger partial charge in [0.05, 0.1) is 30.0 Å². The Kier molecular flexibility index (Phi) is 8.72. The molecule has 1 atom stereocenters. The van der Waals surface area contributed by atoms with E-state index in [0.717, 1.165) is 23.5 Å². The van der Waals surface area contributed by atoms with Crippen LogP contribution in [0.4, 0.5) is 13.2 Å². The average Bonchev–Trinajstić information content (AvgIpc) is 3.71. The van der Waals surface area contributed by atoms with Gasteiger partial charge in [0.25, 0.3) is 0 Å². The van der Waals surface area contributed by atoms with Crippen molar-refractivity contribution in [1.29, 1.82) is 0 Å². The Morgan fingerprint density at radius 1 is 1.02 bits per heavy atom. The highest BCUT2D eigenvalue weighted by Gasteiger charge is 2.30. The first-order valence-electron chi connectivity index (χ1n) is 13.6. The van der Waals surface area contributed by atoms with Crippen LogP contribution in [0.2, 0.25) is 0 Å². The largest absolute Gasteiger partial charge is 0.491 e. The first kappa shape index (κ1) is 28.1. The Balaban J connectivity index is 1.01. The summed E-state index contributed by atoms with van der Waals surface area (Å²) < 4.78 is 45.5. The minimum absolute atomic E-state index is 0.0174. The summed E-state index contributed by atoms with van der Waals surface area (Å²) in [5.74, 6) is 0.752. The summed E-state index contributed by atoms with van der Waals surface area (Å²) in [7, 11) is 0. The number of rotatable bonds is 11. The van der Waals surface area contributed by atoms with Gasteiger partial charge in [-0.1, -0.05) is 18.2 Å². The maximum absolute atomic E-state index is 12.7. The molecule has 0 spiro atoms. The summed E-state index contributed by atoms with van der Waals surface area (Å²) in [6.45, 7) is 3.80. The minimum atomic E-state index is -4.40. The Morgan fingerprint density at radius 2 is 1.70 bits per heavy atom. The molecule has 1 aromatic heterocycles. The number of hydrogen-bond donors (Lipinski definition) is 2. The Bertz CT molecular complexity index is 1250. The fourth-order valence-electron chi connectivity index (χ4n) is 4.84. The maximum atomic E-state index is 12.7. The number of aliphatic hydroxyl groups is 1. The van der Waals surface area contributed by atoms with Crippen LogP contribution < -0.4 is 10.1 Å². The van der Waals surface area contributed by atoms with Gasteiger partial charge >= 0.3 is 6.18 Å². The van der Waals surface area contributed by atoms with Gasteiger partial charge in [-0.2, -0.15) is 18.3 Å². The highest BCUT2D eigenvalue weighted by atomic mass is 19.4. The number of piperazine rings is 1. The molecule has 2 N–H and O–H groups in total. The van der Waals surface area contributed by atoms with Crippen LogP contribution in [0.5, 0.6) is 5.75 Å². The van der Waals surface area contributed by atoms with Gasteiger partial charge in [0, 0.05) is 44.3 Å². The zero-order valence-corrected chi connectivity index (χ0v) is 22.2. The van der Waals surface area contributed by atoms with E-state index in [2.05, 4.69) is 21.2 Å². The van der Waals surface area contributed by atoms with E-state index in [-0.39, 0.29) is 18.3 Å². The van der Waals surface area contributed by atoms with Crippen molar-refractivity contribution in [2.24, 2.45) is 0 Å². The number of β-amino-alcohol motifs (C(OH)–C–C–N with tert-alkyl or cyclic N) is 1. The lowest BCUT2D eigenvalue weighted by Crippen LogP contribution is -2.51. The second-order valence-corrected chi connectivity index (χ2v) is 10.4. The molecule has 0 radical (unpaired) electrons. The SMILES string of the molecule is O=C(CN1CCN(CC(O)COc2ccc(C(F)(F)F)cc2)CC1)NCc1cc(C2CC2)n(-c2ccccc2)n1. The third kappa shape index (κ3) is 7.61. The van der Waals surface area contributed by atoms with Gasteiger partial charge in [0.15, 0.2) is 0 Å². The van der Waals surface area contributed by atoms with Gasteiger partial charge in [-0.15, -0.1) is 0 Å². The summed E-state index contributed by atoms with van der Waals surface area (Å²) in [4.78, 5) is 16.8. The van der Waals surface area contributed by atoms with Gasteiger partial charge in [0.2, 0.25) is 5.91 Å². The van der Waals surface area contributed by atoms with Gasteiger partial charge in [-0.25, -0.2) is 4.68 Å². The minimum Gasteiger partial charge on any atom is -0.491 e. The summed E-state index contributed by atoms with van der Waals surface area (Å²) in [6, 6.07) is 16.5. The van der Waals surface area contributed by atoms with Crippen LogP contribution in [0, 0.1) is 0 Å². The number of nitrogens with one attached hydrogen (secondary N) is 1. The number of hydrogen-bond acceptors (Lipinski definition) is 6. The molecule has 5 rings (SSSR count). The second-order valence-electron chi connectivity index (χ2n) is 10.4. The van der Waals surface area contributed by atoms with E-state index < -0.39 is 17.8 Å². The molecule has 0 bridgehead atoms. The number of aromatic nitrogens is 2. The molecule has 11 heteroatoms. The van der Waals surface area contributed by atoms with Gasteiger partial charge < -0.3 is 15.2 Å². The van der Waals surface area contributed by atoms with E-state index in [0.29, 0.717) is 51.7 Å². The van der Waals surface area contributed by atoms with E-state index in [9.17, 15) is 23.1 Å². The number of carbonyl (C=O) groups is 1. The highest BCUT2D eigenvalue weighted by molar-refractivity contribution is 5.78. The Morgan fingerprint density at radius 3 is 2.35 bits per heavy atom. The standard InChI is InChI=1S/C29H34F3N5O3/c30-29(31,32)22-8-10-26(11-9-22)40-20-25(38)18-35-12-14-36(15-13-35)19-28(39)33-17-23-16-27(21-6-7-21)37(34-23)24-4-2-1-3-5-24/h1-5,8-11,16,21,25,38H,6-7,12-15,17-20H2,(H,33,39). The Labute approximate surface area is 231 Å². The molecule has 2 fully saturated rings. The van der Waals surface area contributed by atoms with Crippen molar-refractivity contribution in [1.82, 2.24) is 24.9 Å². The van der Waals surface area contributed by atoms with E-state index in [1.807, 2.05) is 35.0 Å². The Hall–Kier alpha value is -3.41. The van der Waals surface area contributed by atoms with Crippen LogP contribution in [0.25, 0.3) is 5.69 Å². The molecule has 2 aliphatic rings. The van der Waals surface area contributed by atoms with Gasteiger partial charge in [-0.05, 0) is 55.3 Å². The second kappa shape index (κ2) is 12.4. The van der Waals surface area contributed by atoms with E-state index in [4.69, 9.17) is 9.84 Å². The molecule has 1 saturated heterocycles. The predicted octanol–water partition coefficient (Wildman–Crippen LogP) is 3.44. The number of nitrogens with zero attached hydrogens (tertiary/aromatic N) is 4. The number of aliphatic hydroxyl groups excluding tert-OH is 1. The zero-order valence-electron chi connectivity index (χ0n) is 22.2. The number of carbonyl (C=O) groups excluding carboxylic acids is 1. The van der Waals surface area contributed by atoms with Crippen LogP contribution in [-0.4, -0.2) is 82.6 Å². The van der Waals surface area contributed by atoms with E-state index in [1.165, 1.54) is 30.7 Å². The lowest BCUT2D eigenvalue weighted by atomic mass is 10.2. The van der Waals surface area contributed by atoms with Crippen molar-refractivity contribution in [3.8, 4) is 11.4 Å². The molecule has 214 valence electrons. The van der Waals surface area contributed by atoms with Crippen LogP contribution >= 0.6 is 0 Å². The first-order valence-corrected chi connectivity index (χ1v) is 13.6. The lowest BCUT2D eigenvalue weighted by Gasteiger charge is -2.35. The van der Waals surface area contributed by atoms with E-state index >= 15 is 0 Å². The highest BCUT2D eigenvalue weighted by Crippen LogP contribution is 2.41. The smallest absolute Gasteiger partial charge is 0.416 e. The van der Waals surface area contributed by atoms with Crippen molar-refractivity contribution in [2.75, 3.05) is 45.9 Å². The van der Waals surface area contributed by atoms with Crippen molar-refractivity contribution in [3.63, 3.8) is 0 Å². The monoisotopic (exact) mass is 557 g/mol. The molecule has 2 heterocycles. The van der Waals surface area contributed by atoms with Crippen molar-refractivity contribution in [2.45, 2.75) is 37.6 Å². The molecule has 1 amide bonds. The lowest BCUT2D eigenvalue weighted by molar-refractivity contribution is -0.137. The van der Waals surface area contributed by atoms with Gasteiger partial charge in [0.1, 0.15) is 18.5 Å². The molecule has 2 aromatic carbocycles. The van der Waals surface area contributed by atoms with Crippen LogP contribution in [0.1, 0.15) is 35.7 Å². The molecular formula is C29H34F3N5O3. The zero-order chi connectivity index (χ0) is 28.1. The summed E-state index contributed by atoms with van der Waals surface area (Å²) in [5, 5.41) is 18.1. The number of amides is 1. The third-order valence-corrected chi connectivity index (χ3v) is 7.18. The number of alkyl halides is 3. The van der Waals surface area contributed by atoms with Crippen molar-refractivity contribution < 1.29 is 27.8 Å². The fraction of sp³-hybridized carbons (Fsp3) is 0.448. The third-order valence-electron chi connectivity index (χ3n) is 7.18. The predicted molar refractivity (Wildman–Crippen MR) is 143 cm³/mol. The molecule has 1 aliphatic heterocycles. The normalized spacial score (nSPS) is 17.5. The van der Waals surface area contributed by atoms with E-state index in [1.54, 1.807) is 0 Å². The summed E-state index contributed by atoms with van der Waals surface area (Å²) in [5.41, 5.74) is 2.32. The number of para-hydroxylation sites is 1. The number of benzene rings is 2. The van der Waals surface area contributed by atoms with Crippen LogP contribution in [0.3, 0.4) is 0 Å². The quantitative estimate of drug-likeness (QED) is 0.376. The average molecular weight is 558 g/mol. The summed E-state index contributed by atoms with van der Waals surface area (Å²) in [6.07, 6.45) is -2.85. The number of halogens is 3. The number of ether oxygens (including phenoxy) is 1. The first-order chi connectivity index (χ1) is 19.2. The topological polar surface area (TPSA) is 82.9 Å². The molecule has 3 aromatic rings. The molecule has 40 heavy (non-hydrogen) atoms. The van der Waals surface area contributed by atoms with Gasteiger partial charge in [-0.3, -0.25) is 14.6 Å². The summed E-state index contributed by atoms with van der Waals surface area (Å²) >= 11 is 0. The molecule has 1 unspecified atom stereocenters.